The molecule has 0 amide bonds. The summed E-state index contributed by atoms with van der Waals surface area (Å²) in [5, 5.41) is 25.6. The second-order valence-electron chi connectivity index (χ2n) is 0.776. The summed E-state index contributed by atoms with van der Waals surface area (Å²) in [7, 11) is 0. The summed E-state index contributed by atoms with van der Waals surface area (Å²) in [6.07, 6.45) is 0. The molecule has 0 radical (unpaired) electrons. The van der Waals surface area contributed by atoms with Crippen LogP contribution in [0, 0.1) is 5.21 Å². The van der Waals surface area contributed by atoms with Gasteiger partial charge in [-0.15, -0.1) is 5.53 Å². The van der Waals surface area contributed by atoms with Gasteiger partial charge in [-0.25, -0.2) is 5.84 Å². The maximum Gasteiger partial charge on any atom is -0.0419 e. The fraction of sp³-hybridized carbons (Fsp3) is 0. The Labute approximate surface area is 44.0 Å². The van der Waals surface area contributed by atoms with Crippen LogP contribution < -0.4 is 16.6 Å². The molecule has 0 aromatic carbocycles. The predicted molar refractivity (Wildman–Crippen MR) is 17.2 cm³/mol. The number of hydrogen-bond acceptors (Lipinski definition) is 8. The molecule has 0 aliphatic rings. The van der Waals surface area contributed by atoms with Crippen LogP contribution in [0.1, 0.15) is 0 Å². The number of nitrogens with one attached hydrogen (secondary N) is 1. The van der Waals surface area contributed by atoms with E-state index in [1.54, 1.807) is 0 Å². The molecule has 0 aromatic heterocycles. The van der Waals surface area contributed by atoms with Crippen LogP contribution in [-0.2, 0) is 4.99 Å². The lowest BCUT2D eigenvalue weighted by Crippen LogP contribution is -2.50. The molecule has 0 heterocycles. The minimum atomic E-state index is -0.681. The Kier molecular flexibility index (Phi) is 3.51. The number of hydrazine groups is 3. The van der Waals surface area contributed by atoms with Crippen molar-refractivity contribution in [2.75, 3.05) is 0 Å². The van der Waals surface area contributed by atoms with Gasteiger partial charge in [0.2, 0.25) is 0 Å². The first-order valence-electron chi connectivity index (χ1n) is 1.44. The van der Waals surface area contributed by atoms with E-state index in [0.29, 0.717) is 0 Å². The van der Waals surface area contributed by atoms with Crippen LogP contribution in [0.25, 0.3) is 0 Å². The van der Waals surface area contributed by atoms with Gasteiger partial charge in [0.05, 0.1) is 0 Å². The average Bonchev–Trinajstić information content (AvgIpc) is 1.65. The maximum atomic E-state index is 9.61. The number of rotatable bonds is 3. The zero-order chi connectivity index (χ0) is 6.57. The van der Waals surface area contributed by atoms with E-state index in [4.69, 9.17) is 10.5 Å². The van der Waals surface area contributed by atoms with Gasteiger partial charge < -0.3 is 15.5 Å². The average molecular weight is 124 g/mol. The number of nitrogens with two attached hydrogens (primary N) is 1. The van der Waals surface area contributed by atoms with Gasteiger partial charge in [-0.1, -0.05) is 0 Å². The zero-order valence-corrected chi connectivity index (χ0v) is 3.64. The van der Waals surface area contributed by atoms with Gasteiger partial charge in [0.15, 0.2) is 0 Å². The van der Waals surface area contributed by atoms with Gasteiger partial charge in [0.1, 0.15) is 0 Å². The normalized spacial score (nSPS) is 11.2. The third kappa shape index (κ3) is 3.86. The highest BCUT2D eigenvalue weighted by Gasteiger charge is 1.85. The van der Waals surface area contributed by atoms with Gasteiger partial charge >= 0.3 is 0 Å². The standard InChI is InChI=1S/H5N4O4/c1-3(5)2-4(6)8-7/h2,5,7H,1H2/q-1/p-1. The molecule has 0 saturated carbocycles. The molecule has 8 nitrogen and oxygen atoms in total. The Morgan fingerprint density at radius 1 is 1.75 bits per heavy atom. The Hall–Kier alpha value is -0.320. The van der Waals surface area contributed by atoms with Gasteiger partial charge in [-0.05, 0) is 5.28 Å². The second-order valence-corrected chi connectivity index (χ2v) is 0.776. The van der Waals surface area contributed by atoms with E-state index in [1.807, 2.05) is 0 Å². The summed E-state index contributed by atoms with van der Waals surface area (Å²) in [6, 6.07) is 0. The van der Waals surface area contributed by atoms with Crippen molar-refractivity contribution < 1.29 is 15.5 Å². The molecule has 0 atom stereocenters. The minimum Gasteiger partial charge on any atom is -0.747 e. The molecule has 0 spiro atoms. The SMILES string of the molecule is NN(O)NN([O-])O[O-]. The van der Waals surface area contributed by atoms with Gasteiger partial charge in [-0.3, -0.25) is 5.21 Å². The van der Waals surface area contributed by atoms with Crippen LogP contribution in [0.15, 0.2) is 0 Å². The smallest absolute Gasteiger partial charge is 0.0419 e. The van der Waals surface area contributed by atoms with Crippen LogP contribution in [-0.4, -0.2) is 15.8 Å². The lowest BCUT2D eigenvalue weighted by atomic mass is 12.2. The Morgan fingerprint density at radius 3 is 2.38 bits per heavy atom. The Bertz CT molecular complexity index is 54.0. The van der Waals surface area contributed by atoms with Crippen LogP contribution in [0.4, 0.5) is 0 Å². The van der Waals surface area contributed by atoms with E-state index in [2.05, 4.69) is 10.8 Å². The molecule has 8 heavy (non-hydrogen) atoms. The van der Waals surface area contributed by atoms with E-state index in [1.165, 1.54) is 5.53 Å². The van der Waals surface area contributed by atoms with Crippen LogP contribution in [0.5, 0.6) is 0 Å². The molecule has 50 valence electrons. The molecule has 0 aliphatic heterocycles. The molecule has 0 fully saturated rings. The highest BCUT2D eigenvalue weighted by Crippen LogP contribution is 1.68. The Morgan fingerprint density at radius 2 is 2.25 bits per heavy atom. The van der Waals surface area contributed by atoms with Crippen molar-refractivity contribution in [3.63, 3.8) is 0 Å². The topological polar surface area (TPSA) is 120 Å². The molecule has 0 rings (SSSR count). The molecule has 0 saturated heterocycles. The van der Waals surface area contributed by atoms with Crippen LogP contribution >= 0.6 is 0 Å². The number of hydrogen-bond donors (Lipinski definition) is 3. The number of nitrogens with zero attached hydrogens (tertiary/aromatic N) is 2. The summed E-state index contributed by atoms with van der Waals surface area (Å²) in [5.41, 5.74) is 1.30. The minimum absolute atomic E-state index is 0.231. The fourth-order valence-corrected chi connectivity index (χ4v) is 0.100. The van der Waals surface area contributed by atoms with E-state index >= 15 is 0 Å². The summed E-state index contributed by atoms with van der Waals surface area (Å²) >= 11 is 0. The first kappa shape index (κ1) is 7.68. The fourth-order valence-electron chi connectivity index (χ4n) is 0.100. The van der Waals surface area contributed by atoms with Crippen molar-refractivity contribution in [1.82, 2.24) is 16.2 Å². The summed E-state index contributed by atoms with van der Waals surface area (Å²) in [6.45, 7) is 0. The monoisotopic (exact) mass is 124 g/mol. The highest BCUT2D eigenvalue weighted by molar-refractivity contribution is 4.18. The van der Waals surface area contributed by atoms with Gasteiger partial charge in [0, 0.05) is 0 Å². The van der Waals surface area contributed by atoms with Crippen LogP contribution in [0.3, 0.4) is 0 Å². The third-order valence-corrected chi connectivity index (χ3v) is 0.252. The summed E-state index contributed by atoms with van der Waals surface area (Å²) < 4.78 is 0. The molecule has 0 aromatic rings. The van der Waals surface area contributed by atoms with E-state index in [-0.39, 0.29) is 5.28 Å². The lowest BCUT2D eigenvalue weighted by molar-refractivity contribution is -0.756. The van der Waals surface area contributed by atoms with E-state index < -0.39 is 5.34 Å². The molecule has 0 aliphatic carbocycles. The quantitative estimate of drug-likeness (QED) is 0.206. The molecular weight excluding hydrogens is 120 g/mol. The lowest BCUT2D eigenvalue weighted by Gasteiger charge is -2.30. The van der Waals surface area contributed by atoms with Crippen molar-refractivity contribution in [3.05, 3.63) is 5.21 Å². The maximum absolute atomic E-state index is 9.61. The van der Waals surface area contributed by atoms with Gasteiger partial charge in [0.25, 0.3) is 0 Å². The molecule has 0 unspecified atom stereocenters. The first-order chi connectivity index (χ1) is 3.66. The van der Waals surface area contributed by atoms with Crippen molar-refractivity contribution in [2.24, 2.45) is 5.84 Å². The van der Waals surface area contributed by atoms with Crippen molar-refractivity contribution in [2.45, 2.75) is 0 Å². The molecule has 4 N–H and O–H groups in total. The second kappa shape index (κ2) is 3.65. The molecule has 8 heteroatoms. The van der Waals surface area contributed by atoms with Gasteiger partial charge in [-0.2, -0.15) is 5.34 Å². The largest absolute Gasteiger partial charge is 0.747 e. The van der Waals surface area contributed by atoms with Crippen LogP contribution in [0.2, 0.25) is 0 Å². The predicted octanol–water partition coefficient (Wildman–Crippen LogP) is -3.02. The summed E-state index contributed by atoms with van der Waals surface area (Å²) in [5.74, 6) is 4.39. The summed E-state index contributed by atoms with van der Waals surface area (Å²) in [4.78, 5) is 2.70. The molecule has 0 bridgehead atoms. The van der Waals surface area contributed by atoms with Crippen molar-refractivity contribution in [1.29, 1.82) is 0 Å². The van der Waals surface area contributed by atoms with E-state index in [0.717, 1.165) is 0 Å². The first-order valence-corrected chi connectivity index (χ1v) is 1.44. The van der Waals surface area contributed by atoms with E-state index in [9.17, 15) is 5.21 Å². The van der Waals surface area contributed by atoms with Crippen molar-refractivity contribution >= 4 is 0 Å². The zero-order valence-electron chi connectivity index (χ0n) is 3.64. The highest BCUT2D eigenvalue weighted by atomic mass is 17.3. The Balaban J connectivity index is 3.10. The van der Waals surface area contributed by atoms with Crippen molar-refractivity contribution in [3.8, 4) is 0 Å². The molecular formula is H4N4O4-2. The third-order valence-electron chi connectivity index (χ3n) is 0.252.